The van der Waals surface area contributed by atoms with Crippen LogP contribution in [0.15, 0.2) is 53.6 Å². The minimum absolute atomic E-state index is 0.0539. The fraction of sp³-hybridized carbons (Fsp3) is 0.250. The van der Waals surface area contributed by atoms with Crippen molar-refractivity contribution in [3.05, 3.63) is 81.4 Å². The molecule has 25 heavy (non-hydrogen) atoms. The second kappa shape index (κ2) is 7.30. The average molecular weight is 335 g/mol. The molecule has 0 atom stereocenters. The lowest BCUT2D eigenvalue weighted by Gasteiger charge is -2.08. The number of nitrogens with one attached hydrogen (secondary N) is 1. The first-order valence-electron chi connectivity index (χ1n) is 8.42. The quantitative estimate of drug-likeness (QED) is 0.780. The first-order chi connectivity index (χ1) is 12.1. The SMILES string of the molecule is CCCc1ccc2ncc(C(=O)NCc3ccc(C)cc3)c(=O)n2c1. The smallest absolute Gasteiger partial charge is 0.270 e. The second-order valence-electron chi connectivity index (χ2n) is 6.16. The normalized spacial score (nSPS) is 10.8. The largest absolute Gasteiger partial charge is 0.348 e. The monoisotopic (exact) mass is 335 g/mol. The Morgan fingerprint density at radius 2 is 1.84 bits per heavy atom. The van der Waals surface area contributed by atoms with Crippen molar-refractivity contribution in [3.8, 4) is 0 Å². The highest BCUT2D eigenvalue weighted by Crippen LogP contribution is 2.06. The molecule has 3 rings (SSSR count). The summed E-state index contributed by atoms with van der Waals surface area (Å²) in [6.07, 6.45) is 4.99. The minimum Gasteiger partial charge on any atom is -0.348 e. The molecule has 2 heterocycles. The van der Waals surface area contributed by atoms with Gasteiger partial charge in [0, 0.05) is 18.9 Å². The molecule has 0 fully saturated rings. The van der Waals surface area contributed by atoms with Gasteiger partial charge in [-0.05, 0) is 30.5 Å². The molecular weight excluding hydrogens is 314 g/mol. The molecular formula is C20H21N3O2. The van der Waals surface area contributed by atoms with E-state index in [4.69, 9.17) is 0 Å². The Kier molecular flexibility index (Phi) is 4.93. The fourth-order valence-corrected chi connectivity index (χ4v) is 2.70. The van der Waals surface area contributed by atoms with Crippen molar-refractivity contribution in [2.24, 2.45) is 0 Å². The molecule has 1 amide bonds. The van der Waals surface area contributed by atoms with Gasteiger partial charge in [-0.1, -0.05) is 49.2 Å². The number of aromatic nitrogens is 2. The highest BCUT2D eigenvalue weighted by Gasteiger charge is 2.13. The predicted molar refractivity (Wildman–Crippen MR) is 97.8 cm³/mol. The van der Waals surface area contributed by atoms with Gasteiger partial charge in [0.15, 0.2) is 0 Å². The van der Waals surface area contributed by atoms with E-state index in [-0.39, 0.29) is 11.1 Å². The molecule has 128 valence electrons. The maximum Gasteiger partial charge on any atom is 0.270 e. The van der Waals surface area contributed by atoms with E-state index in [1.807, 2.05) is 37.3 Å². The van der Waals surface area contributed by atoms with E-state index in [1.165, 1.54) is 10.6 Å². The summed E-state index contributed by atoms with van der Waals surface area (Å²) in [5.74, 6) is -0.409. The molecule has 1 N–H and O–H groups in total. The number of aryl methyl sites for hydroxylation is 2. The molecule has 0 unspecified atom stereocenters. The third-order valence-electron chi connectivity index (χ3n) is 4.12. The van der Waals surface area contributed by atoms with E-state index in [1.54, 1.807) is 12.3 Å². The van der Waals surface area contributed by atoms with E-state index in [9.17, 15) is 9.59 Å². The summed E-state index contributed by atoms with van der Waals surface area (Å²) >= 11 is 0. The topological polar surface area (TPSA) is 63.5 Å². The van der Waals surface area contributed by atoms with Crippen LogP contribution in [0.4, 0.5) is 0 Å². The highest BCUT2D eigenvalue weighted by atomic mass is 16.2. The number of carbonyl (C=O) groups excluding carboxylic acids is 1. The zero-order valence-electron chi connectivity index (χ0n) is 14.5. The van der Waals surface area contributed by atoms with Gasteiger partial charge in [-0.2, -0.15) is 0 Å². The van der Waals surface area contributed by atoms with Gasteiger partial charge in [0.05, 0.1) is 0 Å². The molecule has 0 spiro atoms. The molecule has 0 aliphatic heterocycles. The second-order valence-corrected chi connectivity index (χ2v) is 6.16. The molecule has 0 saturated carbocycles. The van der Waals surface area contributed by atoms with Gasteiger partial charge in [-0.15, -0.1) is 0 Å². The van der Waals surface area contributed by atoms with E-state index < -0.39 is 5.91 Å². The van der Waals surface area contributed by atoms with E-state index >= 15 is 0 Å². The number of benzene rings is 1. The molecule has 2 aromatic heterocycles. The predicted octanol–water partition coefficient (Wildman–Crippen LogP) is 2.89. The van der Waals surface area contributed by atoms with E-state index in [0.717, 1.165) is 29.5 Å². The molecule has 3 aromatic rings. The number of carbonyl (C=O) groups is 1. The molecule has 0 saturated heterocycles. The van der Waals surface area contributed by atoms with Crippen LogP contribution in [0.3, 0.4) is 0 Å². The van der Waals surface area contributed by atoms with Crippen molar-refractivity contribution in [2.75, 3.05) is 0 Å². The van der Waals surface area contributed by atoms with Crippen molar-refractivity contribution in [2.45, 2.75) is 33.2 Å². The van der Waals surface area contributed by atoms with Crippen LogP contribution in [-0.4, -0.2) is 15.3 Å². The number of hydrogen-bond acceptors (Lipinski definition) is 3. The van der Waals surface area contributed by atoms with Gasteiger partial charge in [0.2, 0.25) is 0 Å². The summed E-state index contributed by atoms with van der Waals surface area (Å²) in [5, 5.41) is 2.79. The fourth-order valence-electron chi connectivity index (χ4n) is 2.70. The van der Waals surface area contributed by atoms with Gasteiger partial charge in [-0.3, -0.25) is 14.0 Å². The molecule has 0 aliphatic carbocycles. The zero-order chi connectivity index (χ0) is 17.8. The van der Waals surface area contributed by atoms with Crippen LogP contribution in [0.1, 0.15) is 40.4 Å². The van der Waals surface area contributed by atoms with Crippen molar-refractivity contribution < 1.29 is 4.79 Å². The summed E-state index contributed by atoms with van der Waals surface area (Å²) in [7, 11) is 0. The minimum atomic E-state index is -0.409. The van der Waals surface area contributed by atoms with Crippen molar-refractivity contribution >= 4 is 11.6 Å². The van der Waals surface area contributed by atoms with Gasteiger partial charge in [-0.25, -0.2) is 4.98 Å². The highest BCUT2D eigenvalue weighted by molar-refractivity contribution is 5.93. The number of rotatable bonds is 5. The molecule has 5 heteroatoms. The lowest BCUT2D eigenvalue weighted by atomic mass is 10.1. The van der Waals surface area contributed by atoms with Gasteiger partial charge >= 0.3 is 0 Å². The van der Waals surface area contributed by atoms with Gasteiger partial charge in [0.25, 0.3) is 11.5 Å². The Morgan fingerprint density at radius 1 is 1.12 bits per heavy atom. The van der Waals surface area contributed by atoms with Crippen LogP contribution in [0.5, 0.6) is 0 Å². The maximum absolute atomic E-state index is 12.6. The maximum atomic E-state index is 12.6. The average Bonchev–Trinajstić information content (AvgIpc) is 2.62. The lowest BCUT2D eigenvalue weighted by molar-refractivity contribution is 0.0949. The van der Waals surface area contributed by atoms with Crippen LogP contribution in [-0.2, 0) is 13.0 Å². The van der Waals surface area contributed by atoms with Gasteiger partial charge < -0.3 is 5.32 Å². The van der Waals surface area contributed by atoms with Crippen molar-refractivity contribution in [3.63, 3.8) is 0 Å². The summed E-state index contributed by atoms with van der Waals surface area (Å²) in [4.78, 5) is 29.3. The summed E-state index contributed by atoms with van der Waals surface area (Å²) in [5.41, 5.74) is 3.45. The van der Waals surface area contributed by atoms with Crippen LogP contribution >= 0.6 is 0 Å². The third kappa shape index (κ3) is 3.76. The van der Waals surface area contributed by atoms with Crippen molar-refractivity contribution in [1.82, 2.24) is 14.7 Å². The molecule has 1 aromatic carbocycles. The van der Waals surface area contributed by atoms with E-state index in [2.05, 4.69) is 17.2 Å². The first kappa shape index (κ1) is 16.9. The summed E-state index contributed by atoms with van der Waals surface area (Å²) < 4.78 is 1.45. The first-order valence-corrected chi connectivity index (χ1v) is 8.42. The van der Waals surface area contributed by atoms with E-state index in [0.29, 0.717) is 12.2 Å². The van der Waals surface area contributed by atoms with Crippen LogP contribution in [0, 0.1) is 6.92 Å². The summed E-state index contributed by atoms with van der Waals surface area (Å²) in [6, 6.07) is 11.7. The summed E-state index contributed by atoms with van der Waals surface area (Å²) in [6.45, 7) is 4.47. The Hall–Kier alpha value is -2.95. The van der Waals surface area contributed by atoms with Crippen LogP contribution in [0.25, 0.3) is 5.65 Å². The Morgan fingerprint density at radius 3 is 2.56 bits per heavy atom. The van der Waals surface area contributed by atoms with Crippen LogP contribution < -0.4 is 10.9 Å². The number of amides is 1. The molecule has 0 bridgehead atoms. The standard InChI is InChI=1S/C20H21N3O2/c1-3-4-16-9-10-18-21-12-17(20(25)23(18)13-16)19(24)22-11-15-7-5-14(2)6-8-15/h5-10,12-13H,3-4,11H2,1-2H3,(H,22,24). The molecule has 0 radical (unpaired) electrons. The zero-order valence-corrected chi connectivity index (χ0v) is 14.5. The number of pyridine rings is 1. The Bertz CT molecular complexity index is 959. The van der Waals surface area contributed by atoms with Crippen LogP contribution in [0.2, 0.25) is 0 Å². The Labute approximate surface area is 146 Å². The molecule has 5 nitrogen and oxygen atoms in total. The third-order valence-corrected chi connectivity index (χ3v) is 4.12. The number of fused-ring (bicyclic) bond motifs is 1. The molecule has 0 aliphatic rings. The van der Waals surface area contributed by atoms with Crippen molar-refractivity contribution in [1.29, 1.82) is 0 Å². The number of nitrogens with zero attached hydrogens (tertiary/aromatic N) is 2. The van der Waals surface area contributed by atoms with Gasteiger partial charge in [0.1, 0.15) is 11.2 Å². The lowest BCUT2D eigenvalue weighted by Crippen LogP contribution is -2.31. The Balaban J connectivity index is 1.84. The number of hydrogen-bond donors (Lipinski definition) is 1.